The Bertz CT molecular complexity index is 364. The van der Waals surface area contributed by atoms with Crippen molar-refractivity contribution < 1.29 is 4.79 Å². The van der Waals surface area contributed by atoms with Crippen molar-refractivity contribution in [2.24, 2.45) is 0 Å². The van der Waals surface area contributed by atoms with Gasteiger partial charge in [-0.25, -0.2) is 0 Å². The molecule has 1 fully saturated rings. The summed E-state index contributed by atoms with van der Waals surface area (Å²) in [4.78, 5) is 13.4. The van der Waals surface area contributed by atoms with Crippen LogP contribution in [0.4, 0.5) is 0 Å². The fourth-order valence-electron chi connectivity index (χ4n) is 2.24. The summed E-state index contributed by atoms with van der Waals surface area (Å²) in [6, 6.07) is 6.59. The Morgan fingerprint density at radius 2 is 1.87 bits per heavy atom. The first-order valence-corrected chi connectivity index (χ1v) is 5.45. The van der Waals surface area contributed by atoms with Crippen LogP contribution in [0.5, 0.6) is 0 Å². The van der Waals surface area contributed by atoms with E-state index in [2.05, 4.69) is 36.9 Å². The molecule has 0 atom stereocenters. The zero-order valence-corrected chi connectivity index (χ0v) is 9.42. The molecule has 2 rings (SSSR count). The molecular weight excluding hydrogens is 186 g/mol. The van der Waals surface area contributed by atoms with E-state index < -0.39 is 0 Å². The van der Waals surface area contributed by atoms with E-state index in [0.29, 0.717) is 12.3 Å². The van der Waals surface area contributed by atoms with Crippen molar-refractivity contribution in [1.82, 2.24) is 4.90 Å². The first-order valence-electron chi connectivity index (χ1n) is 5.45. The van der Waals surface area contributed by atoms with Gasteiger partial charge < -0.3 is 0 Å². The third kappa shape index (κ3) is 2.66. The molecule has 0 bridgehead atoms. The fraction of sp³-hybridized carbons (Fsp3) is 0.462. The molecule has 0 saturated carbocycles. The predicted molar refractivity (Wildman–Crippen MR) is 60.8 cm³/mol. The Labute approximate surface area is 90.9 Å². The van der Waals surface area contributed by atoms with Crippen LogP contribution in [0.25, 0.3) is 0 Å². The molecule has 1 aromatic rings. The van der Waals surface area contributed by atoms with Gasteiger partial charge in [0.25, 0.3) is 0 Å². The van der Waals surface area contributed by atoms with Crippen molar-refractivity contribution in [2.45, 2.75) is 26.8 Å². The molecule has 0 unspecified atom stereocenters. The van der Waals surface area contributed by atoms with E-state index in [4.69, 9.17) is 0 Å². The molecule has 0 amide bonds. The van der Waals surface area contributed by atoms with Crippen LogP contribution in [0, 0.1) is 13.8 Å². The lowest BCUT2D eigenvalue weighted by atomic mass is 10.1. The van der Waals surface area contributed by atoms with E-state index in [1.807, 2.05) is 0 Å². The summed E-state index contributed by atoms with van der Waals surface area (Å²) in [5.74, 6) is 0.374. The summed E-state index contributed by atoms with van der Waals surface area (Å²) in [6.07, 6.45) is 0.727. The molecule has 1 aliphatic rings. The standard InChI is InChI=1S/C13H17NO/c1-10-5-11(2)7-12(6-10)8-14-4-3-13(15)9-14/h5-7H,3-4,8-9H2,1-2H3. The second-order valence-electron chi connectivity index (χ2n) is 4.50. The largest absolute Gasteiger partial charge is 0.298 e. The van der Waals surface area contributed by atoms with Crippen molar-refractivity contribution in [3.8, 4) is 0 Å². The van der Waals surface area contributed by atoms with E-state index >= 15 is 0 Å². The number of rotatable bonds is 2. The Morgan fingerprint density at radius 3 is 2.40 bits per heavy atom. The van der Waals surface area contributed by atoms with Crippen molar-refractivity contribution in [3.05, 3.63) is 34.9 Å². The molecule has 15 heavy (non-hydrogen) atoms. The normalized spacial score (nSPS) is 17.3. The molecule has 0 N–H and O–H groups in total. The lowest BCUT2D eigenvalue weighted by Gasteiger charge is -2.14. The second kappa shape index (κ2) is 4.15. The van der Waals surface area contributed by atoms with Crippen LogP contribution >= 0.6 is 0 Å². The number of hydrogen-bond acceptors (Lipinski definition) is 2. The molecule has 0 aliphatic carbocycles. The monoisotopic (exact) mass is 203 g/mol. The van der Waals surface area contributed by atoms with Crippen molar-refractivity contribution in [3.63, 3.8) is 0 Å². The number of benzene rings is 1. The maximum absolute atomic E-state index is 11.1. The lowest BCUT2D eigenvalue weighted by Crippen LogP contribution is -2.20. The van der Waals surface area contributed by atoms with E-state index in [0.717, 1.165) is 19.5 Å². The van der Waals surface area contributed by atoms with Crippen LogP contribution in [0.1, 0.15) is 23.1 Å². The van der Waals surface area contributed by atoms with E-state index in [9.17, 15) is 4.79 Å². The number of nitrogens with zero attached hydrogens (tertiary/aromatic N) is 1. The molecule has 1 saturated heterocycles. The van der Waals surface area contributed by atoms with Crippen molar-refractivity contribution >= 4 is 5.78 Å². The Balaban J connectivity index is 2.07. The molecule has 2 heteroatoms. The average molecular weight is 203 g/mol. The van der Waals surface area contributed by atoms with Gasteiger partial charge in [0, 0.05) is 19.5 Å². The summed E-state index contributed by atoms with van der Waals surface area (Å²) in [5.41, 5.74) is 3.92. The maximum atomic E-state index is 11.1. The average Bonchev–Trinajstić information content (AvgIpc) is 2.49. The van der Waals surface area contributed by atoms with Gasteiger partial charge in [0.2, 0.25) is 0 Å². The van der Waals surface area contributed by atoms with Gasteiger partial charge in [-0.1, -0.05) is 29.3 Å². The van der Waals surface area contributed by atoms with Crippen molar-refractivity contribution in [2.75, 3.05) is 13.1 Å². The Hall–Kier alpha value is -1.15. The molecule has 80 valence electrons. The molecule has 1 aliphatic heterocycles. The van der Waals surface area contributed by atoms with Crippen LogP contribution in [0.15, 0.2) is 18.2 Å². The number of likely N-dealkylation sites (tertiary alicyclic amines) is 1. The number of Topliss-reactive ketones (excluding diaryl/α,β-unsaturated/α-hetero) is 1. The van der Waals surface area contributed by atoms with Crippen molar-refractivity contribution in [1.29, 1.82) is 0 Å². The second-order valence-corrected chi connectivity index (χ2v) is 4.50. The quantitative estimate of drug-likeness (QED) is 0.733. The molecule has 2 nitrogen and oxygen atoms in total. The first kappa shape index (κ1) is 10.4. The van der Waals surface area contributed by atoms with Gasteiger partial charge in [-0.15, -0.1) is 0 Å². The summed E-state index contributed by atoms with van der Waals surface area (Å²) >= 11 is 0. The number of carbonyl (C=O) groups is 1. The van der Waals surface area contributed by atoms with E-state index in [-0.39, 0.29) is 0 Å². The third-order valence-electron chi connectivity index (χ3n) is 2.79. The Morgan fingerprint density at radius 1 is 1.20 bits per heavy atom. The summed E-state index contributed by atoms with van der Waals surface area (Å²) < 4.78 is 0. The van der Waals surface area contributed by atoms with Crippen LogP contribution < -0.4 is 0 Å². The topological polar surface area (TPSA) is 20.3 Å². The zero-order valence-electron chi connectivity index (χ0n) is 9.42. The highest BCUT2D eigenvalue weighted by Gasteiger charge is 2.18. The molecule has 1 aromatic carbocycles. The zero-order chi connectivity index (χ0) is 10.8. The number of ketones is 1. The minimum absolute atomic E-state index is 0.374. The molecule has 1 heterocycles. The number of aryl methyl sites for hydroxylation is 2. The van der Waals surface area contributed by atoms with Gasteiger partial charge in [-0.2, -0.15) is 0 Å². The third-order valence-corrected chi connectivity index (χ3v) is 2.79. The van der Waals surface area contributed by atoms with Gasteiger partial charge >= 0.3 is 0 Å². The van der Waals surface area contributed by atoms with E-state index in [1.165, 1.54) is 16.7 Å². The van der Waals surface area contributed by atoms with Gasteiger partial charge in [-0.05, 0) is 19.4 Å². The van der Waals surface area contributed by atoms with Gasteiger partial charge in [0.15, 0.2) is 0 Å². The predicted octanol–water partition coefficient (Wildman–Crippen LogP) is 2.08. The summed E-state index contributed by atoms with van der Waals surface area (Å²) in [5, 5.41) is 0. The van der Waals surface area contributed by atoms with Crippen LogP contribution in [0.2, 0.25) is 0 Å². The SMILES string of the molecule is Cc1cc(C)cc(CN2CCC(=O)C2)c1. The van der Waals surface area contributed by atoms with Gasteiger partial charge in [0.1, 0.15) is 5.78 Å². The van der Waals surface area contributed by atoms with E-state index in [1.54, 1.807) is 0 Å². The lowest BCUT2D eigenvalue weighted by molar-refractivity contribution is -0.116. The minimum Gasteiger partial charge on any atom is -0.298 e. The number of carbonyl (C=O) groups excluding carboxylic acids is 1. The van der Waals surface area contributed by atoms with Gasteiger partial charge in [0.05, 0.1) is 6.54 Å². The molecule has 0 spiro atoms. The molecular formula is C13H17NO. The molecule has 0 radical (unpaired) electrons. The van der Waals surface area contributed by atoms with Crippen LogP contribution in [-0.2, 0) is 11.3 Å². The maximum Gasteiger partial charge on any atom is 0.148 e. The van der Waals surface area contributed by atoms with Gasteiger partial charge in [-0.3, -0.25) is 9.69 Å². The highest BCUT2D eigenvalue weighted by Crippen LogP contribution is 2.14. The molecule has 0 aromatic heterocycles. The van der Waals surface area contributed by atoms with Crippen LogP contribution in [0.3, 0.4) is 0 Å². The highest BCUT2D eigenvalue weighted by molar-refractivity contribution is 5.82. The first-order chi connectivity index (χ1) is 7.13. The smallest absolute Gasteiger partial charge is 0.148 e. The summed E-state index contributed by atoms with van der Waals surface area (Å²) in [6.45, 7) is 6.70. The fourth-order valence-corrected chi connectivity index (χ4v) is 2.24. The highest BCUT2D eigenvalue weighted by atomic mass is 16.1. The van der Waals surface area contributed by atoms with Crippen LogP contribution in [-0.4, -0.2) is 23.8 Å². The summed E-state index contributed by atoms with van der Waals surface area (Å²) in [7, 11) is 0. The Kier molecular flexibility index (Phi) is 2.87. The minimum atomic E-state index is 0.374. The number of hydrogen-bond donors (Lipinski definition) is 0.